The van der Waals surface area contributed by atoms with Gasteiger partial charge in [0.2, 0.25) is 5.91 Å². The number of para-hydroxylation sites is 2. The number of hydrogen-bond donors (Lipinski definition) is 2. The van der Waals surface area contributed by atoms with Crippen LogP contribution in [0.2, 0.25) is 0 Å². The van der Waals surface area contributed by atoms with Crippen molar-refractivity contribution in [1.29, 1.82) is 0 Å². The van der Waals surface area contributed by atoms with Gasteiger partial charge in [0.25, 0.3) is 5.91 Å². The highest BCUT2D eigenvalue weighted by Gasteiger charge is 2.29. The lowest BCUT2D eigenvalue weighted by Crippen LogP contribution is -2.41. The second-order valence-corrected chi connectivity index (χ2v) is 5.10. The Bertz CT molecular complexity index is 703. The first-order valence-electron chi connectivity index (χ1n) is 7.23. The van der Waals surface area contributed by atoms with Gasteiger partial charge >= 0.3 is 0 Å². The van der Waals surface area contributed by atoms with Crippen molar-refractivity contribution in [2.24, 2.45) is 0 Å². The fourth-order valence-corrected chi connectivity index (χ4v) is 2.21. The first kappa shape index (κ1) is 15.1. The third-order valence-corrected chi connectivity index (χ3v) is 3.35. The maximum absolute atomic E-state index is 11.9. The van der Waals surface area contributed by atoms with E-state index in [1.807, 2.05) is 30.3 Å². The Balaban J connectivity index is 1.49. The van der Waals surface area contributed by atoms with Crippen molar-refractivity contribution >= 4 is 17.5 Å². The fourth-order valence-electron chi connectivity index (χ4n) is 2.21. The third-order valence-electron chi connectivity index (χ3n) is 3.35. The Hall–Kier alpha value is -2.86. The minimum atomic E-state index is -0.870. The van der Waals surface area contributed by atoms with Gasteiger partial charge in [-0.05, 0) is 17.7 Å². The number of ether oxygens (including phenoxy) is 1. The van der Waals surface area contributed by atoms with Crippen LogP contribution in [-0.2, 0) is 21.0 Å². The first-order valence-corrected chi connectivity index (χ1v) is 7.23. The van der Waals surface area contributed by atoms with Crippen LogP contribution in [0.1, 0.15) is 12.0 Å². The normalized spacial score (nSPS) is 16.0. The molecule has 0 fully saturated rings. The number of hydrogen-bond acceptors (Lipinski definition) is 4. The molecule has 2 aromatic rings. The van der Waals surface area contributed by atoms with Crippen molar-refractivity contribution in [3.8, 4) is 5.75 Å². The fraction of sp³-hybridized carbons (Fsp3) is 0.176. The van der Waals surface area contributed by atoms with Crippen molar-refractivity contribution in [3.05, 3.63) is 60.2 Å². The van der Waals surface area contributed by atoms with E-state index in [9.17, 15) is 9.59 Å². The van der Waals surface area contributed by atoms with Gasteiger partial charge in [0, 0.05) is 0 Å². The molecule has 0 spiro atoms. The lowest BCUT2D eigenvalue weighted by atomic mass is 10.1. The molecule has 1 aliphatic heterocycles. The van der Waals surface area contributed by atoms with Gasteiger partial charge in [-0.2, -0.15) is 0 Å². The molecule has 118 valence electrons. The molecule has 2 aromatic carbocycles. The lowest BCUT2D eigenvalue weighted by molar-refractivity contribution is -0.139. The van der Waals surface area contributed by atoms with E-state index in [1.54, 1.807) is 24.3 Å². The summed E-state index contributed by atoms with van der Waals surface area (Å²) in [7, 11) is 0. The molecule has 0 bridgehead atoms. The summed E-state index contributed by atoms with van der Waals surface area (Å²) in [5.41, 5.74) is 3.87. The van der Waals surface area contributed by atoms with E-state index >= 15 is 0 Å². The zero-order chi connectivity index (χ0) is 16.1. The Kier molecular flexibility index (Phi) is 4.54. The summed E-state index contributed by atoms with van der Waals surface area (Å²) in [5.74, 6) is -0.211. The topological polar surface area (TPSA) is 76.7 Å². The van der Waals surface area contributed by atoms with E-state index in [4.69, 9.17) is 9.57 Å². The number of nitrogens with one attached hydrogen (secondary N) is 2. The molecule has 0 aliphatic carbocycles. The third kappa shape index (κ3) is 3.87. The number of carbonyl (C=O) groups is 2. The minimum Gasteiger partial charge on any atom is -0.478 e. The van der Waals surface area contributed by atoms with Crippen LogP contribution >= 0.6 is 0 Å². The highest BCUT2D eigenvalue weighted by Crippen LogP contribution is 2.29. The van der Waals surface area contributed by atoms with Crippen molar-refractivity contribution < 1.29 is 19.2 Å². The van der Waals surface area contributed by atoms with Crippen LogP contribution in [0.5, 0.6) is 5.75 Å². The zero-order valence-electron chi connectivity index (χ0n) is 12.3. The molecule has 0 aromatic heterocycles. The molecule has 2 N–H and O–H groups in total. The van der Waals surface area contributed by atoms with Gasteiger partial charge in [0.1, 0.15) is 5.75 Å². The van der Waals surface area contributed by atoms with Crippen molar-refractivity contribution in [3.63, 3.8) is 0 Å². The maximum atomic E-state index is 11.9. The average molecular weight is 312 g/mol. The zero-order valence-corrected chi connectivity index (χ0v) is 12.3. The molecule has 0 saturated heterocycles. The van der Waals surface area contributed by atoms with E-state index < -0.39 is 12.0 Å². The van der Waals surface area contributed by atoms with Gasteiger partial charge in [0.15, 0.2) is 6.10 Å². The molecule has 0 saturated carbocycles. The largest absolute Gasteiger partial charge is 0.478 e. The van der Waals surface area contributed by atoms with Crippen LogP contribution in [0.15, 0.2) is 54.6 Å². The molecule has 0 unspecified atom stereocenters. The molecule has 6 heteroatoms. The summed E-state index contributed by atoms with van der Waals surface area (Å²) < 4.78 is 5.55. The van der Waals surface area contributed by atoms with E-state index in [0.717, 1.165) is 5.56 Å². The van der Waals surface area contributed by atoms with Gasteiger partial charge in [-0.1, -0.05) is 42.5 Å². The summed E-state index contributed by atoms with van der Waals surface area (Å²) in [4.78, 5) is 28.9. The van der Waals surface area contributed by atoms with Crippen LogP contribution in [0.4, 0.5) is 5.69 Å². The smallest absolute Gasteiger partial charge is 0.266 e. The summed E-state index contributed by atoms with van der Waals surface area (Å²) in [5, 5.41) is 2.71. The number of fused-ring (bicyclic) bond motifs is 1. The highest BCUT2D eigenvalue weighted by atomic mass is 16.6. The Morgan fingerprint density at radius 1 is 1.13 bits per heavy atom. The number of benzene rings is 2. The van der Waals surface area contributed by atoms with E-state index in [-0.39, 0.29) is 18.9 Å². The van der Waals surface area contributed by atoms with Crippen LogP contribution in [0, 0.1) is 0 Å². The monoisotopic (exact) mass is 312 g/mol. The van der Waals surface area contributed by atoms with Crippen LogP contribution in [0.3, 0.4) is 0 Å². The molecule has 1 atom stereocenters. The molecule has 3 rings (SSSR count). The van der Waals surface area contributed by atoms with Crippen LogP contribution in [0.25, 0.3) is 0 Å². The summed E-state index contributed by atoms with van der Waals surface area (Å²) >= 11 is 0. The highest BCUT2D eigenvalue weighted by molar-refractivity contribution is 5.99. The van der Waals surface area contributed by atoms with Gasteiger partial charge in [-0.3, -0.25) is 14.4 Å². The average Bonchev–Trinajstić information content (AvgIpc) is 2.56. The van der Waals surface area contributed by atoms with Crippen LogP contribution in [-0.4, -0.2) is 17.9 Å². The summed E-state index contributed by atoms with van der Waals surface area (Å²) in [6.07, 6.45) is -0.986. The van der Waals surface area contributed by atoms with Gasteiger partial charge in [0.05, 0.1) is 18.7 Å². The van der Waals surface area contributed by atoms with E-state index in [2.05, 4.69) is 10.8 Å². The Labute approximate surface area is 133 Å². The standard InChI is InChI=1S/C17H16N2O4/c20-16(19-22-11-12-6-2-1-3-7-12)10-15-17(21)18-13-8-4-5-9-14(13)23-15/h1-9,15H,10-11H2,(H,18,21)(H,19,20)/t15-/m0/s1. The first-order chi connectivity index (χ1) is 11.2. The lowest BCUT2D eigenvalue weighted by Gasteiger charge is -2.25. The second kappa shape index (κ2) is 6.93. The number of anilines is 1. The summed E-state index contributed by atoms with van der Waals surface area (Å²) in [6.45, 7) is 0.257. The molecule has 1 heterocycles. The number of hydroxylamine groups is 1. The van der Waals surface area contributed by atoms with Crippen molar-refractivity contribution in [1.82, 2.24) is 5.48 Å². The predicted molar refractivity (Wildman–Crippen MR) is 83.5 cm³/mol. The Morgan fingerprint density at radius 2 is 1.87 bits per heavy atom. The van der Waals surface area contributed by atoms with E-state index in [1.165, 1.54) is 0 Å². The Morgan fingerprint density at radius 3 is 2.70 bits per heavy atom. The van der Waals surface area contributed by atoms with Crippen molar-refractivity contribution in [2.45, 2.75) is 19.1 Å². The van der Waals surface area contributed by atoms with E-state index in [0.29, 0.717) is 11.4 Å². The van der Waals surface area contributed by atoms with Crippen LogP contribution < -0.4 is 15.5 Å². The maximum Gasteiger partial charge on any atom is 0.266 e. The molecule has 2 amide bonds. The number of amides is 2. The molecule has 23 heavy (non-hydrogen) atoms. The predicted octanol–water partition coefficient (Wildman–Crippen LogP) is 2.02. The minimum absolute atomic E-state index is 0.116. The van der Waals surface area contributed by atoms with Gasteiger partial charge in [-0.25, -0.2) is 5.48 Å². The molecular weight excluding hydrogens is 296 g/mol. The molecular formula is C17H16N2O4. The number of rotatable bonds is 5. The number of carbonyl (C=O) groups excluding carboxylic acids is 2. The molecule has 1 aliphatic rings. The summed E-state index contributed by atoms with van der Waals surface area (Å²) in [6, 6.07) is 16.5. The van der Waals surface area contributed by atoms with Crippen molar-refractivity contribution in [2.75, 3.05) is 5.32 Å². The SMILES string of the molecule is O=C(C[C@@H]1Oc2ccccc2NC1=O)NOCc1ccccc1. The molecule has 0 radical (unpaired) electrons. The second-order valence-electron chi connectivity index (χ2n) is 5.10. The van der Waals surface area contributed by atoms with Gasteiger partial charge in [-0.15, -0.1) is 0 Å². The quantitative estimate of drug-likeness (QED) is 0.828. The van der Waals surface area contributed by atoms with Gasteiger partial charge < -0.3 is 10.1 Å². The molecule has 6 nitrogen and oxygen atoms in total.